The Balaban J connectivity index is 1.16. The van der Waals surface area contributed by atoms with Crippen LogP contribution in [-0.2, 0) is 4.74 Å². The third-order valence-electron chi connectivity index (χ3n) is 8.92. The summed E-state index contributed by atoms with van der Waals surface area (Å²) in [6.45, 7) is 1.26. The maximum atomic E-state index is 13.1. The van der Waals surface area contributed by atoms with Crippen molar-refractivity contribution in [2.24, 2.45) is 5.73 Å². The van der Waals surface area contributed by atoms with Gasteiger partial charge >= 0.3 is 5.97 Å². The molecule has 1 amide bonds. The van der Waals surface area contributed by atoms with Crippen molar-refractivity contribution >= 4 is 34.8 Å². The average molecular weight is 561 g/mol. The molecule has 218 valence electrons. The first-order chi connectivity index (χ1) is 20.0. The van der Waals surface area contributed by atoms with Gasteiger partial charge in [-0.15, -0.1) is 0 Å². The van der Waals surface area contributed by atoms with E-state index in [0.29, 0.717) is 42.2 Å². The summed E-state index contributed by atoms with van der Waals surface area (Å²) in [5, 5.41) is 7.25. The summed E-state index contributed by atoms with van der Waals surface area (Å²) in [5.41, 5.74) is 8.81. The molecule has 3 fully saturated rings. The van der Waals surface area contributed by atoms with Crippen molar-refractivity contribution in [1.82, 2.24) is 24.4 Å². The van der Waals surface area contributed by atoms with Crippen molar-refractivity contribution < 1.29 is 14.3 Å². The quantitative estimate of drug-likeness (QED) is 0.364. The topological polar surface area (TPSA) is 140 Å². The van der Waals surface area contributed by atoms with E-state index in [-0.39, 0.29) is 18.0 Å². The molecule has 6 rings (SSSR count). The normalized spacial score (nSPS) is 22.1. The lowest BCUT2D eigenvalue weighted by molar-refractivity contribution is 0.0599. The van der Waals surface area contributed by atoms with Crippen LogP contribution in [-0.4, -0.2) is 74.6 Å². The third-order valence-corrected chi connectivity index (χ3v) is 8.92. The maximum Gasteiger partial charge on any atom is 0.337 e. The molecule has 0 radical (unpaired) electrons. The van der Waals surface area contributed by atoms with Crippen molar-refractivity contribution in [3.63, 3.8) is 0 Å². The number of imidazole rings is 1. The summed E-state index contributed by atoms with van der Waals surface area (Å²) >= 11 is 0. The van der Waals surface area contributed by atoms with Gasteiger partial charge in [-0.25, -0.2) is 9.78 Å². The van der Waals surface area contributed by atoms with Crippen molar-refractivity contribution in [2.75, 3.05) is 30.8 Å². The van der Waals surface area contributed by atoms with Crippen LogP contribution in [0.15, 0.2) is 30.6 Å². The van der Waals surface area contributed by atoms with Crippen molar-refractivity contribution in [2.45, 2.75) is 88.4 Å². The van der Waals surface area contributed by atoms with E-state index in [1.165, 1.54) is 20.0 Å². The number of carbonyl (C=O) groups is 2. The summed E-state index contributed by atoms with van der Waals surface area (Å²) in [4.78, 5) is 41.4. The summed E-state index contributed by atoms with van der Waals surface area (Å²) in [6.07, 6.45) is 12.4. The molecule has 2 aromatic heterocycles. The fraction of sp³-hybridized carbons (Fsp3) is 0.567. The number of nitrogens with one attached hydrogen (secondary N) is 2. The van der Waals surface area contributed by atoms with Gasteiger partial charge in [-0.2, -0.15) is 9.97 Å². The number of piperidine rings is 1. The number of rotatable bonds is 7. The number of amides is 1. The van der Waals surface area contributed by atoms with Gasteiger partial charge in [0, 0.05) is 42.8 Å². The molecule has 0 unspecified atom stereocenters. The minimum absolute atomic E-state index is 0.0294. The Morgan fingerprint density at radius 1 is 0.878 bits per heavy atom. The van der Waals surface area contributed by atoms with Gasteiger partial charge < -0.3 is 30.6 Å². The molecular formula is C30H40N8O3. The predicted octanol–water partition coefficient (Wildman–Crippen LogP) is 4.13. The Labute approximate surface area is 240 Å². The van der Waals surface area contributed by atoms with Gasteiger partial charge in [0.2, 0.25) is 5.95 Å². The van der Waals surface area contributed by atoms with Gasteiger partial charge in [-0.3, -0.25) is 4.79 Å². The zero-order valence-corrected chi connectivity index (χ0v) is 23.7. The highest BCUT2D eigenvalue weighted by Crippen LogP contribution is 2.34. The Morgan fingerprint density at radius 2 is 1.54 bits per heavy atom. The number of esters is 1. The zero-order chi connectivity index (χ0) is 28.3. The number of methoxy groups -OCH3 is 1. The Hall–Kier alpha value is -3.73. The molecule has 3 aliphatic rings. The number of likely N-dealkylation sites (tertiary alicyclic amines) is 1. The largest absolute Gasteiger partial charge is 0.465 e. The molecule has 11 heteroatoms. The van der Waals surface area contributed by atoms with Gasteiger partial charge in [-0.05, 0) is 75.6 Å². The Kier molecular flexibility index (Phi) is 8.04. The van der Waals surface area contributed by atoms with Crippen molar-refractivity contribution in [3.05, 3.63) is 41.7 Å². The summed E-state index contributed by atoms with van der Waals surface area (Å²) in [5.74, 6) is 0.954. The fourth-order valence-corrected chi connectivity index (χ4v) is 6.45. The second kappa shape index (κ2) is 12.0. The summed E-state index contributed by atoms with van der Waals surface area (Å²) in [6, 6.07) is 7.83. The standard InChI is InChI=1S/C30H40N8O3/c1-41-29(40)20-8-6-19(7-9-20)28(39)37-16-14-23(15-17-37)33-26-25-27(38(18-32-25)24-4-2-3-5-24)36-30(35-26)34-22-12-10-21(31)11-13-22/h6-9,18,21-24H,2-5,10-17,31H2,1H3,(H2,33,34,35,36)/t21-,22-. The lowest BCUT2D eigenvalue weighted by Crippen LogP contribution is -2.42. The molecule has 11 nitrogen and oxygen atoms in total. The second-order valence-electron chi connectivity index (χ2n) is 11.7. The van der Waals surface area contributed by atoms with Gasteiger partial charge in [0.25, 0.3) is 5.91 Å². The predicted molar refractivity (Wildman–Crippen MR) is 157 cm³/mol. The van der Waals surface area contributed by atoms with Crippen LogP contribution in [0.3, 0.4) is 0 Å². The molecule has 0 atom stereocenters. The molecule has 4 N–H and O–H groups in total. The van der Waals surface area contributed by atoms with Crippen molar-refractivity contribution in [1.29, 1.82) is 0 Å². The van der Waals surface area contributed by atoms with Crippen molar-refractivity contribution in [3.8, 4) is 0 Å². The molecule has 1 aromatic carbocycles. The van der Waals surface area contributed by atoms with Crippen LogP contribution in [0.25, 0.3) is 11.2 Å². The van der Waals surface area contributed by atoms with E-state index in [9.17, 15) is 9.59 Å². The molecule has 0 bridgehead atoms. The molecule has 41 heavy (non-hydrogen) atoms. The molecular weight excluding hydrogens is 520 g/mol. The number of nitrogens with two attached hydrogens (primary N) is 1. The fourth-order valence-electron chi connectivity index (χ4n) is 6.45. The molecule has 2 saturated carbocycles. The first-order valence-electron chi connectivity index (χ1n) is 15.0. The molecule has 0 spiro atoms. The van der Waals surface area contributed by atoms with E-state index in [1.54, 1.807) is 24.3 Å². The van der Waals surface area contributed by atoms with Crippen LogP contribution in [0.1, 0.15) is 91.0 Å². The number of aromatic nitrogens is 4. The monoisotopic (exact) mass is 560 g/mol. The van der Waals surface area contributed by atoms with Gasteiger partial charge in [0.05, 0.1) is 19.0 Å². The van der Waals surface area contributed by atoms with E-state index in [1.807, 2.05) is 11.2 Å². The second-order valence-corrected chi connectivity index (χ2v) is 11.7. The van der Waals surface area contributed by atoms with Crippen LogP contribution in [0.5, 0.6) is 0 Å². The Bertz CT molecular complexity index is 1370. The van der Waals surface area contributed by atoms with Gasteiger partial charge in [0.15, 0.2) is 17.0 Å². The Morgan fingerprint density at radius 3 is 2.22 bits per heavy atom. The number of carbonyl (C=O) groups excluding carboxylic acids is 2. The number of nitrogens with zero attached hydrogens (tertiary/aromatic N) is 5. The van der Waals surface area contributed by atoms with Gasteiger partial charge in [-0.1, -0.05) is 12.8 Å². The molecule has 3 aromatic rings. The highest BCUT2D eigenvalue weighted by atomic mass is 16.5. The number of hydrogen-bond acceptors (Lipinski definition) is 9. The average Bonchev–Trinajstić information content (AvgIpc) is 3.69. The van der Waals surface area contributed by atoms with E-state index in [0.717, 1.165) is 68.3 Å². The van der Waals surface area contributed by atoms with E-state index >= 15 is 0 Å². The molecule has 1 saturated heterocycles. The third kappa shape index (κ3) is 6.00. The number of anilines is 2. The SMILES string of the molecule is COC(=O)c1ccc(C(=O)N2CCC(Nc3nc(N[C@H]4CC[C@H](N)CC4)nc4c3ncn4C3CCCC3)CC2)cc1. The van der Waals surface area contributed by atoms with E-state index in [2.05, 4.69) is 15.2 Å². The molecule has 2 aliphatic carbocycles. The number of ether oxygens (including phenoxy) is 1. The lowest BCUT2D eigenvalue weighted by atomic mass is 9.92. The van der Waals surface area contributed by atoms with Crippen LogP contribution in [0.2, 0.25) is 0 Å². The first-order valence-corrected chi connectivity index (χ1v) is 15.0. The number of hydrogen-bond donors (Lipinski definition) is 3. The van der Waals surface area contributed by atoms with E-state index < -0.39 is 5.97 Å². The summed E-state index contributed by atoms with van der Waals surface area (Å²) in [7, 11) is 1.34. The lowest BCUT2D eigenvalue weighted by Gasteiger charge is -2.33. The number of fused-ring (bicyclic) bond motifs is 1. The molecule has 1 aliphatic heterocycles. The minimum Gasteiger partial charge on any atom is -0.465 e. The zero-order valence-electron chi connectivity index (χ0n) is 23.7. The molecule has 3 heterocycles. The highest BCUT2D eigenvalue weighted by Gasteiger charge is 2.27. The summed E-state index contributed by atoms with van der Waals surface area (Å²) < 4.78 is 6.99. The van der Waals surface area contributed by atoms with E-state index in [4.69, 9.17) is 25.4 Å². The first kappa shape index (κ1) is 27.4. The maximum absolute atomic E-state index is 13.1. The van der Waals surface area contributed by atoms with Crippen LogP contribution >= 0.6 is 0 Å². The highest BCUT2D eigenvalue weighted by molar-refractivity contribution is 5.96. The number of benzene rings is 1. The smallest absolute Gasteiger partial charge is 0.337 e. The minimum atomic E-state index is -0.413. The van der Waals surface area contributed by atoms with Crippen LogP contribution in [0, 0.1) is 0 Å². The van der Waals surface area contributed by atoms with Crippen LogP contribution < -0.4 is 16.4 Å². The van der Waals surface area contributed by atoms with Crippen LogP contribution in [0.4, 0.5) is 11.8 Å². The van der Waals surface area contributed by atoms with Gasteiger partial charge in [0.1, 0.15) is 0 Å².